The summed E-state index contributed by atoms with van der Waals surface area (Å²) >= 11 is 0. The molecule has 0 amide bonds. The second kappa shape index (κ2) is 10.4. The molecule has 5 nitrogen and oxygen atoms in total. The molecule has 5 heteroatoms. The van der Waals surface area contributed by atoms with Crippen LogP contribution in [0.25, 0.3) is 0 Å². The van der Waals surface area contributed by atoms with Gasteiger partial charge in [-0.3, -0.25) is 4.90 Å². The van der Waals surface area contributed by atoms with Crippen LogP contribution in [0.4, 0.5) is 0 Å². The van der Waals surface area contributed by atoms with E-state index in [2.05, 4.69) is 55.1 Å². The predicted molar refractivity (Wildman–Crippen MR) is 99.4 cm³/mol. The molecule has 1 aromatic carbocycles. The molecule has 2 aromatic rings. The van der Waals surface area contributed by atoms with Crippen molar-refractivity contribution in [3.8, 4) is 0 Å². The van der Waals surface area contributed by atoms with Gasteiger partial charge in [0, 0.05) is 26.2 Å². The molecule has 1 aromatic heterocycles. The normalized spacial score (nSPS) is 12.9. The average molecular weight is 346 g/mol. The van der Waals surface area contributed by atoms with Crippen molar-refractivity contribution in [1.29, 1.82) is 0 Å². The minimum Gasteiger partial charge on any atom is -0.467 e. The summed E-state index contributed by atoms with van der Waals surface area (Å²) < 4.78 is 10.8. The van der Waals surface area contributed by atoms with Crippen LogP contribution in [0, 0.1) is 6.92 Å². The lowest BCUT2D eigenvalue weighted by Gasteiger charge is -2.26. The van der Waals surface area contributed by atoms with E-state index in [1.165, 1.54) is 11.1 Å². The highest BCUT2D eigenvalue weighted by Crippen LogP contribution is 2.08. The summed E-state index contributed by atoms with van der Waals surface area (Å²) in [5, 5.41) is 10.3. The Kier molecular flexibility index (Phi) is 8.15. The molecular weight excluding hydrogens is 316 g/mol. The highest BCUT2D eigenvalue weighted by Gasteiger charge is 2.13. The van der Waals surface area contributed by atoms with Gasteiger partial charge in [0.1, 0.15) is 12.4 Å². The molecule has 1 N–H and O–H groups in total. The summed E-state index contributed by atoms with van der Waals surface area (Å²) in [4.78, 5) is 4.42. The minimum atomic E-state index is -0.525. The van der Waals surface area contributed by atoms with Gasteiger partial charge >= 0.3 is 0 Å². The molecule has 0 saturated heterocycles. The van der Waals surface area contributed by atoms with E-state index >= 15 is 0 Å². The van der Waals surface area contributed by atoms with Crippen LogP contribution in [0.3, 0.4) is 0 Å². The highest BCUT2D eigenvalue weighted by molar-refractivity contribution is 5.21. The lowest BCUT2D eigenvalue weighted by molar-refractivity contribution is 0.00313. The molecule has 0 aliphatic carbocycles. The molecule has 1 heterocycles. The van der Waals surface area contributed by atoms with E-state index in [4.69, 9.17) is 9.15 Å². The predicted octanol–water partition coefficient (Wildman–Crippen LogP) is 2.53. The standard InChI is InChI=1S/C20H30N2O3/c1-17-6-8-18(9-7-17)13-22(11-10-21(2)3)14-19(23)15-24-16-20-5-4-12-25-20/h4-9,12,19,23H,10-11,13-16H2,1-3H3. The largest absolute Gasteiger partial charge is 0.467 e. The first-order chi connectivity index (χ1) is 12.0. The first kappa shape index (κ1) is 19.7. The average Bonchev–Trinajstić information content (AvgIpc) is 3.08. The van der Waals surface area contributed by atoms with Crippen LogP contribution in [0.5, 0.6) is 0 Å². The van der Waals surface area contributed by atoms with Crippen molar-refractivity contribution in [2.24, 2.45) is 0 Å². The van der Waals surface area contributed by atoms with Crippen molar-refractivity contribution in [3.63, 3.8) is 0 Å². The second-order valence-corrected chi connectivity index (χ2v) is 6.77. The number of aliphatic hydroxyl groups excluding tert-OH is 1. The van der Waals surface area contributed by atoms with Gasteiger partial charge < -0.3 is 19.2 Å². The third kappa shape index (κ3) is 7.84. The Hall–Kier alpha value is -1.66. The number of nitrogens with zero attached hydrogens (tertiary/aromatic N) is 2. The lowest BCUT2D eigenvalue weighted by Crippen LogP contribution is -2.38. The van der Waals surface area contributed by atoms with Crippen LogP contribution in [-0.2, 0) is 17.9 Å². The SMILES string of the molecule is Cc1ccc(CN(CCN(C)C)CC(O)COCc2ccco2)cc1. The Labute approximate surface area is 150 Å². The number of aliphatic hydroxyl groups is 1. The number of hydrogen-bond donors (Lipinski definition) is 1. The quantitative estimate of drug-likeness (QED) is 0.677. The molecular formula is C20H30N2O3. The fourth-order valence-corrected chi connectivity index (χ4v) is 2.57. The third-order valence-corrected chi connectivity index (χ3v) is 3.99. The number of aryl methyl sites for hydroxylation is 1. The first-order valence-electron chi connectivity index (χ1n) is 8.74. The second-order valence-electron chi connectivity index (χ2n) is 6.77. The number of hydrogen-bond acceptors (Lipinski definition) is 5. The van der Waals surface area contributed by atoms with E-state index in [9.17, 15) is 5.11 Å². The summed E-state index contributed by atoms with van der Waals surface area (Å²) in [6.07, 6.45) is 1.10. The smallest absolute Gasteiger partial charge is 0.129 e. The Balaban J connectivity index is 1.82. The minimum absolute atomic E-state index is 0.299. The van der Waals surface area contributed by atoms with Gasteiger partial charge in [-0.2, -0.15) is 0 Å². The van der Waals surface area contributed by atoms with E-state index in [1.54, 1.807) is 6.26 Å². The Morgan fingerprint density at radius 2 is 1.88 bits per heavy atom. The van der Waals surface area contributed by atoms with Crippen LogP contribution in [0.1, 0.15) is 16.9 Å². The van der Waals surface area contributed by atoms with Gasteiger partial charge in [0.15, 0.2) is 0 Å². The Bertz CT molecular complexity index is 581. The van der Waals surface area contributed by atoms with Crippen molar-refractivity contribution in [1.82, 2.24) is 9.80 Å². The Morgan fingerprint density at radius 1 is 1.12 bits per heavy atom. The van der Waals surface area contributed by atoms with Crippen molar-refractivity contribution < 1.29 is 14.3 Å². The zero-order chi connectivity index (χ0) is 18.1. The molecule has 0 spiro atoms. The molecule has 25 heavy (non-hydrogen) atoms. The van der Waals surface area contributed by atoms with Crippen LogP contribution in [-0.4, -0.2) is 61.3 Å². The summed E-state index contributed by atoms with van der Waals surface area (Å²) in [7, 11) is 4.12. The molecule has 1 atom stereocenters. The van der Waals surface area contributed by atoms with Crippen LogP contribution in [0.2, 0.25) is 0 Å². The highest BCUT2D eigenvalue weighted by atomic mass is 16.5. The van der Waals surface area contributed by atoms with Gasteiger partial charge in [0.05, 0.1) is 19.0 Å². The van der Waals surface area contributed by atoms with Gasteiger partial charge in [-0.1, -0.05) is 29.8 Å². The molecule has 0 aliphatic rings. The summed E-state index contributed by atoms with van der Waals surface area (Å²) in [6, 6.07) is 12.3. The summed E-state index contributed by atoms with van der Waals surface area (Å²) in [5.41, 5.74) is 2.52. The number of ether oxygens (including phenoxy) is 1. The van der Waals surface area contributed by atoms with E-state index in [0.717, 1.165) is 25.4 Å². The number of likely N-dealkylation sites (N-methyl/N-ethyl adjacent to an activating group) is 1. The van der Waals surface area contributed by atoms with Gasteiger partial charge in [-0.25, -0.2) is 0 Å². The van der Waals surface area contributed by atoms with E-state index in [0.29, 0.717) is 19.8 Å². The number of furan rings is 1. The molecule has 0 radical (unpaired) electrons. The monoisotopic (exact) mass is 346 g/mol. The van der Waals surface area contributed by atoms with Crippen molar-refractivity contribution in [2.45, 2.75) is 26.2 Å². The van der Waals surface area contributed by atoms with Gasteiger partial charge in [-0.05, 0) is 38.7 Å². The van der Waals surface area contributed by atoms with Crippen LogP contribution < -0.4 is 0 Å². The number of benzene rings is 1. The van der Waals surface area contributed by atoms with Crippen LogP contribution >= 0.6 is 0 Å². The van der Waals surface area contributed by atoms with Gasteiger partial charge in [-0.15, -0.1) is 0 Å². The molecule has 0 saturated carbocycles. The van der Waals surface area contributed by atoms with Gasteiger partial charge in [0.25, 0.3) is 0 Å². The maximum Gasteiger partial charge on any atom is 0.129 e. The maximum absolute atomic E-state index is 10.3. The van der Waals surface area contributed by atoms with Crippen molar-refractivity contribution in [3.05, 3.63) is 59.5 Å². The van der Waals surface area contributed by atoms with E-state index in [-0.39, 0.29) is 0 Å². The van der Waals surface area contributed by atoms with E-state index in [1.807, 2.05) is 12.1 Å². The third-order valence-electron chi connectivity index (χ3n) is 3.99. The summed E-state index contributed by atoms with van der Waals surface area (Å²) in [6.45, 7) is 6.03. The molecule has 0 bridgehead atoms. The summed E-state index contributed by atoms with van der Waals surface area (Å²) in [5.74, 6) is 0.774. The molecule has 138 valence electrons. The molecule has 0 aliphatic heterocycles. The van der Waals surface area contributed by atoms with Crippen molar-refractivity contribution in [2.75, 3.05) is 40.3 Å². The molecule has 2 rings (SSSR count). The molecule has 1 unspecified atom stereocenters. The topological polar surface area (TPSA) is 49.1 Å². The maximum atomic E-state index is 10.3. The zero-order valence-corrected chi connectivity index (χ0v) is 15.5. The number of rotatable bonds is 11. The van der Waals surface area contributed by atoms with Crippen LogP contribution in [0.15, 0.2) is 47.1 Å². The first-order valence-corrected chi connectivity index (χ1v) is 8.74. The van der Waals surface area contributed by atoms with Crippen molar-refractivity contribution >= 4 is 0 Å². The Morgan fingerprint density at radius 3 is 2.52 bits per heavy atom. The lowest BCUT2D eigenvalue weighted by atomic mass is 10.1. The zero-order valence-electron chi connectivity index (χ0n) is 15.5. The molecule has 0 fully saturated rings. The fourth-order valence-electron chi connectivity index (χ4n) is 2.57. The van der Waals surface area contributed by atoms with E-state index < -0.39 is 6.10 Å². The fraction of sp³-hybridized carbons (Fsp3) is 0.500. The van der Waals surface area contributed by atoms with Gasteiger partial charge in [0.2, 0.25) is 0 Å².